The van der Waals surface area contributed by atoms with E-state index in [1.165, 1.54) is 13.4 Å². The number of methoxy groups -OCH3 is 2. The van der Waals surface area contributed by atoms with Gasteiger partial charge in [0.15, 0.2) is 5.82 Å². The van der Waals surface area contributed by atoms with Crippen molar-refractivity contribution in [3.8, 4) is 34.5 Å². The van der Waals surface area contributed by atoms with Crippen molar-refractivity contribution in [2.45, 2.75) is 6.92 Å². The standard InChI is InChI=1S/C25H25N7O4/c1-15-12-16(30-25(33)31-19-9-8-17(34-3)13-21(19)35-4)7-10-20(15)36-23-18(6-5-11-27-23)22-28-14-29-24(26-2)32-22/h5-14H,1-4H3,(H2,30,31,33)(H,26,28,29,32). The van der Waals surface area contributed by atoms with E-state index >= 15 is 0 Å². The van der Waals surface area contributed by atoms with Gasteiger partial charge < -0.3 is 30.2 Å². The van der Waals surface area contributed by atoms with E-state index in [4.69, 9.17) is 14.2 Å². The number of anilines is 3. The van der Waals surface area contributed by atoms with Gasteiger partial charge in [-0.2, -0.15) is 4.98 Å². The van der Waals surface area contributed by atoms with Gasteiger partial charge in [0.2, 0.25) is 11.8 Å². The van der Waals surface area contributed by atoms with E-state index in [0.29, 0.717) is 51.8 Å². The van der Waals surface area contributed by atoms with Crippen LogP contribution in [-0.4, -0.2) is 47.2 Å². The highest BCUT2D eigenvalue weighted by Gasteiger charge is 2.14. The van der Waals surface area contributed by atoms with Gasteiger partial charge in [-0.1, -0.05) is 0 Å². The fraction of sp³-hybridized carbons (Fsp3) is 0.160. The zero-order chi connectivity index (χ0) is 25.5. The number of urea groups is 1. The highest BCUT2D eigenvalue weighted by Crippen LogP contribution is 2.32. The van der Waals surface area contributed by atoms with Crippen molar-refractivity contribution in [2.24, 2.45) is 0 Å². The van der Waals surface area contributed by atoms with Crippen LogP contribution in [0, 0.1) is 6.92 Å². The monoisotopic (exact) mass is 487 g/mol. The fourth-order valence-corrected chi connectivity index (χ4v) is 3.32. The second kappa shape index (κ2) is 11.0. The Bertz CT molecular complexity index is 1380. The van der Waals surface area contributed by atoms with Crippen LogP contribution in [0.3, 0.4) is 0 Å². The number of ether oxygens (including phenoxy) is 3. The van der Waals surface area contributed by atoms with Crippen molar-refractivity contribution in [2.75, 3.05) is 37.2 Å². The summed E-state index contributed by atoms with van der Waals surface area (Å²) >= 11 is 0. The lowest BCUT2D eigenvalue weighted by Crippen LogP contribution is -2.19. The summed E-state index contributed by atoms with van der Waals surface area (Å²) in [6, 6.07) is 13.6. The number of carbonyl (C=O) groups is 1. The van der Waals surface area contributed by atoms with Crippen molar-refractivity contribution in [3.63, 3.8) is 0 Å². The third-order valence-electron chi connectivity index (χ3n) is 5.10. The minimum Gasteiger partial charge on any atom is -0.497 e. The molecule has 0 bridgehead atoms. The molecule has 0 unspecified atom stereocenters. The lowest BCUT2D eigenvalue weighted by molar-refractivity contribution is 0.262. The number of pyridine rings is 1. The molecule has 11 heteroatoms. The van der Waals surface area contributed by atoms with Gasteiger partial charge in [-0.25, -0.2) is 19.7 Å². The molecule has 3 N–H and O–H groups in total. The van der Waals surface area contributed by atoms with Gasteiger partial charge in [0.1, 0.15) is 23.6 Å². The maximum absolute atomic E-state index is 12.6. The van der Waals surface area contributed by atoms with Crippen LogP contribution in [0.5, 0.6) is 23.1 Å². The Hall–Kier alpha value is -4.93. The Kier molecular flexibility index (Phi) is 7.39. The predicted octanol–water partition coefficient (Wildman–Crippen LogP) is 4.74. The van der Waals surface area contributed by atoms with Crippen molar-refractivity contribution >= 4 is 23.4 Å². The molecule has 11 nitrogen and oxygen atoms in total. The lowest BCUT2D eigenvalue weighted by atomic mass is 10.2. The molecule has 2 heterocycles. The van der Waals surface area contributed by atoms with Crippen LogP contribution in [0.1, 0.15) is 5.56 Å². The second-order valence-corrected chi connectivity index (χ2v) is 7.47. The summed E-state index contributed by atoms with van der Waals surface area (Å²) in [4.78, 5) is 29.6. The van der Waals surface area contributed by atoms with Gasteiger partial charge in [0.25, 0.3) is 0 Å². The topological polar surface area (TPSA) is 132 Å². The molecule has 0 fully saturated rings. The molecule has 2 aromatic carbocycles. The molecule has 0 saturated carbocycles. The molecule has 0 aliphatic rings. The first-order valence-corrected chi connectivity index (χ1v) is 10.9. The number of aromatic nitrogens is 4. The quantitative estimate of drug-likeness (QED) is 0.322. The molecule has 0 saturated heterocycles. The number of carbonyl (C=O) groups excluding carboxylic acids is 1. The van der Waals surface area contributed by atoms with Crippen LogP contribution in [0.25, 0.3) is 11.4 Å². The van der Waals surface area contributed by atoms with Gasteiger partial charge in [0, 0.05) is 25.0 Å². The summed E-state index contributed by atoms with van der Waals surface area (Å²) in [5, 5.41) is 8.47. The van der Waals surface area contributed by atoms with Crippen LogP contribution in [0.4, 0.5) is 22.1 Å². The van der Waals surface area contributed by atoms with Crippen molar-refractivity contribution in [3.05, 3.63) is 66.6 Å². The maximum Gasteiger partial charge on any atom is 0.323 e. The average Bonchev–Trinajstić information content (AvgIpc) is 2.90. The number of benzene rings is 2. The van der Waals surface area contributed by atoms with E-state index < -0.39 is 6.03 Å². The Labute approximate surface area is 207 Å². The van der Waals surface area contributed by atoms with Crippen molar-refractivity contribution < 1.29 is 19.0 Å². The Morgan fingerprint density at radius 2 is 1.78 bits per heavy atom. The molecule has 0 atom stereocenters. The zero-order valence-electron chi connectivity index (χ0n) is 20.2. The summed E-state index contributed by atoms with van der Waals surface area (Å²) in [5.41, 5.74) is 2.50. The molecule has 0 spiro atoms. The molecule has 2 amide bonds. The number of aryl methyl sites for hydroxylation is 1. The SMILES string of the molecule is CNc1ncnc(-c2cccnc2Oc2ccc(NC(=O)Nc3ccc(OC)cc3OC)cc2C)n1. The van der Waals surface area contributed by atoms with Crippen LogP contribution in [0.2, 0.25) is 0 Å². The fourth-order valence-electron chi connectivity index (χ4n) is 3.32. The normalized spacial score (nSPS) is 10.3. The van der Waals surface area contributed by atoms with E-state index in [9.17, 15) is 4.79 Å². The highest BCUT2D eigenvalue weighted by atomic mass is 16.5. The smallest absolute Gasteiger partial charge is 0.323 e. The van der Waals surface area contributed by atoms with Crippen molar-refractivity contribution in [1.82, 2.24) is 19.9 Å². The molecule has 4 aromatic rings. The Morgan fingerprint density at radius 1 is 0.917 bits per heavy atom. The molecule has 184 valence electrons. The molecule has 0 aliphatic carbocycles. The molecule has 2 aromatic heterocycles. The number of rotatable bonds is 8. The van der Waals surface area contributed by atoms with Gasteiger partial charge >= 0.3 is 6.03 Å². The van der Waals surface area contributed by atoms with Gasteiger partial charge in [0.05, 0.1) is 25.5 Å². The van der Waals surface area contributed by atoms with Crippen LogP contribution < -0.4 is 30.2 Å². The first kappa shape index (κ1) is 24.2. The largest absolute Gasteiger partial charge is 0.497 e. The molecule has 4 rings (SSSR count). The van der Waals surface area contributed by atoms with E-state index in [1.54, 1.807) is 62.8 Å². The molecule has 36 heavy (non-hydrogen) atoms. The molecular formula is C25H25N7O4. The van der Waals surface area contributed by atoms with Crippen molar-refractivity contribution in [1.29, 1.82) is 0 Å². The summed E-state index contributed by atoms with van der Waals surface area (Å²) in [6.45, 7) is 1.87. The second-order valence-electron chi connectivity index (χ2n) is 7.47. The summed E-state index contributed by atoms with van der Waals surface area (Å²) in [7, 11) is 4.81. The number of nitrogens with zero attached hydrogens (tertiary/aromatic N) is 4. The summed E-state index contributed by atoms with van der Waals surface area (Å²) in [6.07, 6.45) is 3.05. The van der Waals surface area contributed by atoms with Gasteiger partial charge in [-0.3, -0.25) is 0 Å². The third-order valence-corrected chi connectivity index (χ3v) is 5.10. The molecule has 0 radical (unpaired) electrons. The highest BCUT2D eigenvalue weighted by molar-refractivity contribution is 6.00. The van der Waals surface area contributed by atoms with Crippen LogP contribution in [-0.2, 0) is 0 Å². The number of hydrogen-bond acceptors (Lipinski definition) is 9. The minimum absolute atomic E-state index is 0.346. The molecular weight excluding hydrogens is 462 g/mol. The Morgan fingerprint density at radius 3 is 2.53 bits per heavy atom. The van der Waals surface area contributed by atoms with E-state index in [-0.39, 0.29) is 0 Å². The van der Waals surface area contributed by atoms with E-state index in [1.807, 2.05) is 13.0 Å². The first-order valence-electron chi connectivity index (χ1n) is 10.9. The number of nitrogens with one attached hydrogen (secondary N) is 3. The Balaban J connectivity index is 1.48. The maximum atomic E-state index is 12.6. The number of hydrogen-bond donors (Lipinski definition) is 3. The van der Waals surface area contributed by atoms with Gasteiger partial charge in [-0.05, 0) is 55.0 Å². The summed E-state index contributed by atoms with van der Waals surface area (Å²) < 4.78 is 16.6. The average molecular weight is 488 g/mol. The summed E-state index contributed by atoms with van der Waals surface area (Å²) in [5.74, 6) is 2.89. The zero-order valence-corrected chi connectivity index (χ0v) is 20.2. The predicted molar refractivity (Wildman–Crippen MR) is 136 cm³/mol. The van der Waals surface area contributed by atoms with E-state index in [0.717, 1.165) is 5.56 Å². The minimum atomic E-state index is -0.422. The molecule has 0 aliphatic heterocycles. The van der Waals surface area contributed by atoms with Crippen LogP contribution >= 0.6 is 0 Å². The number of amides is 2. The first-order chi connectivity index (χ1) is 17.5. The third kappa shape index (κ3) is 5.58. The van der Waals surface area contributed by atoms with Gasteiger partial charge in [-0.15, -0.1) is 0 Å². The van der Waals surface area contributed by atoms with E-state index in [2.05, 4.69) is 35.9 Å². The van der Waals surface area contributed by atoms with Crippen LogP contribution in [0.15, 0.2) is 61.1 Å². The lowest BCUT2D eigenvalue weighted by Gasteiger charge is -2.14.